The van der Waals surface area contributed by atoms with Gasteiger partial charge >= 0.3 is 0 Å². The normalized spacial score (nSPS) is 60.9. The summed E-state index contributed by atoms with van der Waals surface area (Å²) in [5.41, 5.74) is 2.51. The highest BCUT2D eigenvalue weighted by Crippen LogP contribution is 2.77. The second-order valence-corrected chi connectivity index (χ2v) is 15.9. The van der Waals surface area contributed by atoms with E-state index in [1.807, 2.05) is 0 Å². The van der Waals surface area contributed by atoms with Gasteiger partial charge < -0.3 is 0 Å². The Morgan fingerprint density at radius 2 is 1.45 bits per heavy atom. The third kappa shape index (κ3) is 2.86. The van der Waals surface area contributed by atoms with Crippen molar-refractivity contribution in [3.63, 3.8) is 0 Å². The summed E-state index contributed by atoms with van der Waals surface area (Å²) >= 11 is 5.46. The molecule has 11 atom stereocenters. The largest absolute Gasteiger partial charge is 0.176 e. The van der Waals surface area contributed by atoms with Gasteiger partial charge in [-0.1, -0.05) is 61.8 Å². The zero-order valence-corrected chi connectivity index (χ0v) is 23.0. The molecule has 5 aliphatic rings. The molecule has 0 aromatic rings. The van der Waals surface area contributed by atoms with Crippen molar-refractivity contribution in [2.24, 2.45) is 62.6 Å². The summed E-state index contributed by atoms with van der Waals surface area (Å²) in [4.78, 5) is 0. The van der Waals surface area contributed by atoms with Gasteiger partial charge in [0, 0.05) is 5.25 Å². The lowest BCUT2D eigenvalue weighted by Gasteiger charge is -2.74. The number of hydrogen-bond acceptors (Lipinski definition) is 1. The molecular weight excluding hydrogens is 392 g/mol. The number of rotatable bonds is 0. The molecule has 0 amide bonds. The van der Waals surface area contributed by atoms with Crippen molar-refractivity contribution in [2.45, 2.75) is 125 Å². The van der Waals surface area contributed by atoms with Gasteiger partial charge in [-0.25, -0.2) is 0 Å². The SMILES string of the molecule is C[C@@H]1[C@H]2[C@H]3CC[C@@H]4[C@@]5(C)CCCC(C)(C)[C@@H]5C(S)C[C@@]4(C)[C@]3(C)CC[C@@]2(C)CC[C@H]1C. The van der Waals surface area contributed by atoms with Crippen LogP contribution in [0, 0.1) is 62.6 Å². The fourth-order valence-corrected chi connectivity index (χ4v) is 13.1. The second-order valence-electron chi connectivity index (χ2n) is 15.2. The Hall–Kier alpha value is 0.350. The van der Waals surface area contributed by atoms with E-state index in [0.29, 0.717) is 32.3 Å². The Kier molecular flexibility index (Phi) is 5.18. The maximum Gasteiger partial charge on any atom is 0.00609 e. The Morgan fingerprint density at radius 3 is 2.16 bits per heavy atom. The number of fused-ring (bicyclic) bond motifs is 7. The lowest BCUT2D eigenvalue weighted by Crippen LogP contribution is -2.68. The summed E-state index contributed by atoms with van der Waals surface area (Å²) < 4.78 is 0. The molecule has 5 saturated carbocycles. The first kappa shape index (κ1) is 23.1. The van der Waals surface area contributed by atoms with E-state index in [1.165, 1.54) is 64.2 Å². The molecule has 5 aliphatic carbocycles. The lowest BCUT2D eigenvalue weighted by atomic mass is 9.31. The molecule has 5 fully saturated rings. The highest BCUT2D eigenvalue weighted by molar-refractivity contribution is 7.81. The maximum atomic E-state index is 5.46. The summed E-state index contributed by atoms with van der Waals surface area (Å²) in [6.45, 7) is 21.3. The summed E-state index contributed by atoms with van der Waals surface area (Å²) in [5.74, 6) is 5.38. The fraction of sp³-hybridized carbons (Fsp3) is 1.00. The van der Waals surface area contributed by atoms with Crippen LogP contribution in [0.3, 0.4) is 0 Å². The van der Waals surface area contributed by atoms with Gasteiger partial charge in [-0.15, -0.1) is 0 Å². The van der Waals surface area contributed by atoms with Gasteiger partial charge in [-0.3, -0.25) is 0 Å². The smallest absolute Gasteiger partial charge is 0.00609 e. The predicted octanol–water partition coefficient (Wildman–Crippen LogP) is 9.04. The molecule has 0 spiro atoms. The lowest BCUT2D eigenvalue weighted by molar-refractivity contribution is -0.245. The molecule has 178 valence electrons. The third-order valence-electron chi connectivity index (χ3n) is 13.6. The van der Waals surface area contributed by atoms with E-state index >= 15 is 0 Å². The molecule has 0 radical (unpaired) electrons. The molecule has 0 aromatic carbocycles. The first-order valence-electron chi connectivity index (χ1n) is 14.0. The topological polar surface area (TPSA) is 0 Å². The molecule has 5 rings (SSSR count). The van der Waals surface area contributed by atoms with Crippen LogP contribution in [-0.4, -0.2) is 5.25 Å². The Bertz CT molecular complexity index is 726. The van der Waals surface area contributed by atoms with E-state index in [9.17, 15) is 0 Å². The van der Waals surface area contributed by atoms with Crippen LogP contribution in [0.4, 0.5) is 0 Å². The first-order chi connectivity index (χ1) is 14.3. The molecule has 0 nitrogen and oxygen atoms in total. The van der Waals surface area contributed by atoms with Crippen LogP contribution in [0.2, 0.25) is 0 Å². The average Bonchev–Trinajstić information content (AvgIpc) is 2.65. The number of thiol groups is 1. The highest BCUT2D eigenvalue weighted by Gasteiger charge is 2.70. The van der Waals surface area contributed by atoms with Gasteiger partial charge in [0.1, 0.15) is 0 Å². The fourth-order valence-electron chi connectivity index (χ4n) is 12.0. The van der Waals surface area contributed by atoms with Crippen molar-refractivity contribution in [1.82, 2.24) is 0 Å². The van der Waals surface area contributed by atoms with Crippen molar-refractivity contribution < 1.29 is 0 Å². The highest BCUT2D eigenvalue weighted by atomic mass is 32.1. The van der Waals surface area contributed by atoms with Crippen molar-refractivity contribution in [2.75, 3.05) is 0 Å². The van der Waals surface area contributed by atoms with E-state index in [2.05, 4.69) is 55.4 Å². The van der Waals surface area contributed by atoms with Gasteiger partial charge in [0.15, 0.2) is 0 Å². The van der Waals surface area contributed by atoms with Crippen molar-refractivity contribution in [1.29, 1.82) is 0 Å². The zero-order valence-electron chi connectivity index (χ0n) is 22.1. The Labute approximate surface area is 199 Å². The summed E-state index contributed by atoms with van der Waals surface area (Å²) in [6.07, 6.45) is 14.6. The molecular formula is C30H52S. The van der Waals surface area contributed by atoms with Gasteiger partial charge in [0.2, 0.25) is 0 Å². The molecule has 0 N–H and O–H groups in total. The van der Waals surface area contributed by atoms with Crippen LogP contribution in [-0.2, 0) is 0 Å². The molecule has 0 aromatic heterocycles. The molecule has 0 aliphatic heterocycles. The summed E-state index contributed by atoms with van der Waals surface area (Å²) in [6, 6.07) is 0. The Morgan fingerprint density at radius 1 is 0.742 bits per heavy atom. The van der Waals surface area contributed by atoms with Crippen LogP contribution < -0.4 is 0 Å². The average molecular weight is 445 g/mol. The van der Waals surface area contributed by atoms with Crippen LogP contribution in [0.5, 0.6) is 0 Å². The molecule has 31 heavy (non-hydrogen) atoms. The van der Waals surface area contributed by atoms with E-state index in [1.54, 1.807) is 0 Å². The van der Waals surface area contributed by atoms with E-state index in [0.717, 1.165) is 35.5 Å². The minimum absolute atomic E-state index is 0.455. The minimum Gasteiger partial charge on any atom is -0.176 e. The molecule has 0 bridgehead atoms. The van der Waals surface area contributed by atoms with Gasteiger partial charge in [0.05, 0.1) is 0 Å². The third-order valence-corrected chi connectivity index (χ3v) is 14.1. The van der Waals surface area contributed by atoms with Crippen LogP contribution >= 0.6 is 12.6 Å². The Balaban J connectivity index is 1.57. The minimum atomic E-state index is 0.455. The van der Waals surface area contributed by atoms with E-state index in [4.69, 9.17) is 12.6 Å². The quantitative estimate of drug-likeness (QED) is 0.354. The standard InChI is InChI=1S/C30H52S/c1-19-12-15-27(5)16-17-29(7)21(24(27)20(19)2)10-11-23-28(6)14-9-13-26(3,4)25(28)22(31)18-30(23,29)8/h19-25,31H,9-18H2,1-8H3/t19-,20+,21-,22?,23-,24+,25+,27-,28-,29-,30-/m1/s1. The predicted molar refractivity (Wildman–Crippen MR) is 137 cm³/mol. The van der Waals surface area contributed by atoms with Crippen LogP contribution in [0.15, 0.2) is 0 Å². The molecule has 1 unspecified atom stereocenters. The monoisotopic (exact) mass is 444 g/mol. The van der Waals surface area contributed by atoms with E-state index < -0.39 is 0 Å². The molecule has 0 saturated heterocycles. The van der Waals surface area contributed by atoms with Crippen molar-refractivity contribution in [3.8, 4) is 0 Å². The number of hydrogen-bond donors (Lipinski definition) is 1. The van der Waals surface area contributed by atoms with Crippen LogP contribution in [0.1, 0.15) is 120 Å². The zero-order chi connectivity index (χ0) is 22.6. The summed E-state index contributed by atoms with van der Waals surface area (Å²) in [7, 11) is 0. The summed E-state index contributed by atoms with van der Waals surface area (Å²) in [5, 5.41) is 0.577. The maximum absolute atomic E-state index is 5.46. The van der Waals surface area contributed by atoms with Gasteiger partial charge in [0.25, 0.3) is 0 Å². The van der Waals surface area contributed by atoms with Crippen LogP contribution in [0.25, 0.3) is 0 Å². The van der Waals surface area contributed by atoms with E-state index in [-0.39, 0.29) is 0 Å². The van der Waals surface area contributed by atoms with Crippen molar-refractivity contribution in [3.05, 3.63) is 0 Å². The molecule has 1 heteroatoms. The van der Waals surface area contributed by atoms with Crippen molar-refractivity contribution >= 4 is 12.6 Å². The van der Waals surface area contributed by atoms with Gasteiger partial charge in [-0.2, -0.15) is 12.6 Å². The van der Waals surface area contributed by atoms with Gasteiger partial charge in [-0.05, 0) is 120 Å². The second kappa shape index (κ2) is 6.95. The first-order valence-corrected chi connectivity index (χ1v) is 14.5. The molecule has 0 heterocycles.